The first-order valence-electron chi connectivity index (χ1n) is 9.75. The molecule has 1 heterocycles. The Morgan fingerprint density at radius 1 is 1.14 bits per heavy atom. The fourth-order valence-electron chi connectivity index (χ4n) is 3.52. The van der Waals surface area contributed by atoms with Crippen molar-refractivity contribution in [3.63, 3.8) is 0 Å². The molecule has 3 rings (SSSR count). The molecular weight excluding hydrogens is 426 g/mol. The van der Waals surface area contributed by atoms with Crippen LogP contribution in [0.5, 0.6) is 0 Å². The second-order valence-electron chi connectivity index (χ2n) is 7.53. The zero-order chi connectivity index (χ0) is 21.0. The Morgan fingerprint density at radius 2 is 1.83 bits per heavy atom. The van der Waals surface area contributed by atoms with E-state index in [2.05, 4.69) is 13.8 Å². The number of nitrogens with zero attached hydrogens (tertiary/aromatic N) is 1. The lowest BCUT2D eigenvalue weighted by Gasteiger charge is -2.20. The second kappa shape index (κ2) is 9.54. The highest BCUT2D eigenvalue weighted by atomic mass is 35.5. The number of benzene rings is 2. The Bertz CT molecular complexity index is 958. The van der Waals surface area contributed by atoms with Crippen LogP contribution in [0.2, 0.25) is 5.02 Å². The fraction of sp³-hybridized carbons (Fsp3) is 0.409. The minimum atomic E-state index is -3.37. The van der Waals surface area contributed by atoms with Gasteiger partial charge in [0.2, 0.25) is 5.91 Å². The van der Waals surface area contributed by atoms with Crippen LogP contribution in [0.25, 0.3) is 0 Å². The average molecular weight is 452 g/mol. The first-order valence-corrected chi connectivity index (χ1v) is 12.7. The third-order valence-corrected chi connectivity index (χ3v) is 8.46. The van der Waals surface area contributed by atoms with Gasteiger partial charge in [-0.15, -0.1) is 11.8 Å². The first-order chi connectivity index (χ1) is 13.8. The SMILES string of the molecule is CC(C)Sc1ccc(CC(=O)N2CCC(c3ccccc3Cl)S(=O)(=O)CC2)cc1. The maximum atomic E-state index is 12.8. The van der Waals surface area contributed by atoms with E-state index in [4.69, 9.17) is 11.6 Å². The van der Waals surface area contributed by atoms with Gasteiger partial charge in [-0.25, -0.2) is 8.42 Å². The lowest BCUT2D eigenvalue weighted by atomic mass is 10.1. The number of halogens is 1. The molecule has 156 valence electrons. The molecule has 1 unspecified atom stereocenters. The van der Waals surface area contributed by atoms with Crippen LogP contribution < -0.4 is 0 Å². The predicted molar refractivity (Wildman–Crippen MR) is 120 cm³/mol. The summed E-state index contributed by atoms with van der Waals surface area (Å²) in [5.41, 5.74) is 1.57. The predicted octanol–water partition coefficient (Wildman–Crippen LogP) is 4.77. The molecule has 0 aliphatic carbocycles. The van der Waals surface area contributed by atoms with Gasteiger partial charge in [0.15, 0.2) is 9.84 Å². The average Bonchev–Trinajstić information content (AvgIpc) is 2.81. The smallest absolute Gasteiger partial charge is 0.227 e. The lowest BCUT2D eigenvalue weighted by molar-refractivity contribution is -0.130. The molecule has 0 spiro atoms. The molecular formula is C22H26ClNO3S2. The number of hydrogen-bond donors (Lipinski definition) is 0. The summed E-state index contributed by atoms with van der Waals surface area (Å²) in [6.07, 6.45) is 0.644. The van der Waals surface area contributed by atoms with Crippen molar-refractivity contribution in [1.29, 1.82) is 0 Å². The highest BCUT2D eigenvalue weighted by molar-refractivity contribution is 7.99. The standard InChI is InChI=1S/C22H26ClNO3S2/c1-16(2)28-18-9-7-17(8-10-18)15-22(25)24-12-11-21(29(26,27)14-13-24)19-5-3-4-6-20(19)23/h3-10,16,21H,11-15H2,1-2H3. The van der Waals surface area contributed by atoms with Crippen LogP contribution in [-0.4, -0.2) is 43.3 Å². The minimum Gasteiger partial charge on any atom is -0.341 e. The van der Waals surface area contributed by atoms with Crippen molar-refractivity contribution in [3.8, 4) is 0 Å². The third kappa shape index (κ3) is 5.77. The van der Waals surface area contributed by atoms with Gasteiger partial charge in [0.05, 0.1) is 17.4 Å². The van der Waals surface area contributed by atoms with Gasteiger partial charge in [-0.2, -0.15) is 0 Å². The summed E-state index contributed by atoms with van der Waals surface area (Å²) >= 11 is 8.02. The van der Waals surface area contributed by atoms with Crippen molar-refractivity contribution in [2.24, 2.45) is 0 Å². The van der Waals surface area contributed by atoms with Crippen molar-refractivity contribution in [3.05, 3.63) is 64.7 Å². The highest BCUT2D eigenvalue weighted by Gasteiger charge is 2.33. The van der Waals surface area contributed by atoms with E-state index >= 15 is 0 Å². The molecule has 0 aromatic heterocycles. The van der Waals surface area contributed by atoms with Gasteiger partial charge in [0.25, 0.3) is 0 Å². The molecule has 0 N–H and O–H groups in total. The Hall–Kier alpha value is -1.50. The Kier molecular flexibility index (Phi) is 7.30. The van der Waals surface area contributed by atoms with Gasteiger partial charge in [-0.1, -0.05) is 55.8 Å². The van der Waals surface area contributed by atoms with Crippen molar-refractivity contribution in [1.82, 2.24) is 4.90 Å². The van der Waals surface area contributed by atoms with Crippen LogP contribution in [-0.2, 0) is 21.1 Å². The maximum absolute atomic E-state index is 12.8. The number of carbonyl (C=O) groups excluding carboxylic acids is 1. The van der Waals surface area contributed by atoms with E-state index in [9.17, 15) is 13.2 Å². The van der Waals surface area contributed by atoms with E-state index in [-0.39, 0.29) is 24.6 Å². The van der Waals surface area contributed by atoms with Crippen LogP contribution in [0.4, 0.5) is 0 Å². The summed E-state index contributed by atoms with van der Waals surface area (Å²) in [7, 11) is -3.37. The summed E-state index contributed by atoms with van der Waals surface area (Å²) in [6.45, 7) is 4.93. The maximum Gasteiger partial charge on any atom is 0.227 e. The molecule has 0 saturated carbocycles. The number of sulfone groups is 1. The zero-order valence-electron chi connectivity index (χ0n) is 16.7. The van der Waals surface area contributed by atoms with Crippen LogP contribution in [0.3, 0.4) is 0 Å². The van der Waals surface area contributed by atoms with Crippen molar-refractivity contribution >= 4 is 39.1 Å². The highest BCUT2D eigenvalue weighted by Crippen LogP contribution is 2.34. The molecule has 1 fully saturated rings. The van der Waals surface area contributed by atoms with Crippen molar-refractivity contribution < 1.29 is 13.2 Å². The van der Waals surface area contributed by atoms with Gasteiger partial charge in [0.1, 0.15) is 0 Å². The molecule has 0 radical (unpaired) electrons. The van der Waals surface area contributed by atoms with Gasteiger partial charge < -0.3 is 4.90 Å². The molecule has 1 amide bonds. The Morgan fingerprint density at radius 3 is 2.48 bits per heavy atom. The number of thioether (sulfide) groups is 1. The Balaban J connectivity index is 1.68. The summed E-state index contributed by atoms with van der Waals surface area (Å²) in [6, 6.07) is 15.1. The normalized spacial score (nSPS) is 19.2. The van der Waals surface area contributed by atoms with E-state index in [1.807, 2.05) is 24.3 Å². The van der Waals surface area contributed by atoms with Gasteiger partial charge in [0, 0.05) is 28.3 Å². The lowest BCUT2D eigenvalue weighted by Crippen LogP contribution is -2.34. The van der Waals surface area contributed by atoms with Crippen LogP contribution in [0, 0.1) is 0 Å². The van der Waals surface area contributed by atoms with E-state index in [1.165, 1.54) is 4.90 Å². The molecule has 4 nitrogen and oxygen atoms in total. The number of carbonyl (C=O) groups is 1. The summed E-state index contributed by atoms with van der Waals surface area (Å²) in [5.74, 6) is -0.0808. The second-order valence-corrected chi connectivity index (χ2v) is 11.9. The molecule has 29 heavy (non-hydrogen) atoms. The van der Waals surface area contributed by atoms with Gasteiger partial charge in [-0.3, -0.25) is 4.79 Å². The topological polar surface area (TPSA) is 54.5 Å². The van der Waals surface area contributed by atoms with Gasteiger partial charge in [-0.05, 0) is 35.7 Å². The summed E-state index contributed by atoms with van der Waals surface area (Å²) in [5, 5.41) is 0.300. The molecule has 1 aliphatic heterocycles. The molecule has 2 aromatic carbocycles. The van der Waals surface area contributed by atoms with Crippen LogP contribution in [0.1, 0.15) is 36.6 Å². The summed E-state index contributed by atoms with van der Waals surface area (Å²) < 4.78 is 25.6. The summed E-state index contributed by atoms with van der Waals surface area (Å²) in [4.78, 5) is 15.7. The quantitative estimate of drug-likeness (QED) is 0.614. The Labute approximate surface area is 182 Å². The largest absolute Gasteiger partial charge is 0.341 e. The van der Waals surface area contributed by atoms with Crippen LogP contribution in [0.15, 0.2) is 53.4 Å². The van der Waals surface area contributed by atoms with Crippen molar-refractivity contribution in [2.75, 3.05) is 18.8 Å². The van der Waals surface area contributed by atoms with Crippen LogP contribution >= 0.6 is 23.4 Å². The van der Waals surface area contributed by atoms with Gasteiger partial charge >= 0.3 is 0 Å². The molecule has 0 bridgehead atoms. The van der Waals surface area contributed by atoms with E-state index < -0.39 is 15.1 Å². The molecule has 7 heteroatoms. The number of rotatable bonds is 5. The van der Waals surface area contributed by atoms with Crippen molar-refractivity contribution in [2.45, 2.75) is 42.1 Å². The molecule has 1 saturated heterocycles. The van der Waals surface area contributed by atoms with E-state index in [0.29, 0.717) is 28.8 Å². The zero-order valence-corrected chi connectivity index (χ0v) is 19.1. The third-order valence-electron chi connectivity index (χ3n) is 5.00. The molecule has 1 aliphatic rings. The monoisotopic (exact) mass is 451 g/mol. The molecule has 2 aromatic rings. The first kappa shape index (κ1) is 22.2. The molecule has 1 atom stereocenters. The number of amides is 1. The van der Waals surface area contributed by atoms with E-state index in [0.717, 1.165) is 5.56 Å². The number of hydrogen-bond acceptors (Lipinski definition) is 4. The van der Waals surface area contributed by atoms with E-state index in [1.54, 1.807) is 40.9 Å². The minimum absolute atomic E-state index is 0.0377. The fourth-order valence-corrected chi connectivity index (χ4v) is 6.51.